The first-order valence-corrected chi connectivity index (χ1v) is 7.74. The van der Waals surface area contributed by atoms with Crippen molar-refractivity contribution in [1.82, 2.24) is 20.6 Å². The van der Waals surface area contributed by atoms with E-state index < -0.39 is 0 Å². The smallest absolute Gasteiger partial charge is 0.197 e. The predicted molar refractivity (Wildman–Crippen MR) is 94.2 cm³/mol. The Morgan fingerprint density at radius 1 is 1.00 bits per heavy atom. The van der Waals surface area contributed by atoms with Gasteiger partial charge in [-0.15, -0.1) is 5.10 Å². The average Bonchev–Trinajstić information content (AvgIpc) is 3.21. The highest BCUT2D eigenvalue weighted by atomic mass is 16.5. The maximum Gasteiger partial charge on any atom is 0.197 e. The summed E-state index contributed by atoms with van der Waals surface area (Å²) in [5.41, 5.74) is 1.78. The lowest BCUT2D eigenvalue weighted by Crippen LogP contribution is -2.03. The quantitative estimate of drug-likeness (QED) is 0.603. The Bertz CT molecular complexity index is 1120. The molecule has 0 saturated heterocycles. The fourth-order valence-electron chi connectivity index (χ4n) is 2.72. The van der Waals surface area contributed by atoms with Gasteiger partial charge >= 0.3 is 0 Å². The molecule has 2 aromatic heterocycles. The number of nitrogens with zero attached hydrogens (tertiary/aromatic N) is 3. The van der Waals surface area contributed by atoms with Crippen molar-refractivity contribution in [2.45, 2.75) is 0 Å². The fraction of sp³-hybridized carbons (Fsp3) is 0.111. The molecule has 8 nitrogen and oxygen atoms in total. The Balaban J connectivity index is 1.83. The summed E-state index contributed by atoms with van der Waals surface area (Å²) in [6, 6.07) is 12.1. The first kappa shape index (κ1) is 15.8. The van der Waals surface area contributed by atoms with Gasteiger partial charge < -0.3 is 13.9 Å². The highest BCUT2D eigenvalue weighted by Crippen LogP contribution is 2.32. The molecule has 2 aromatic carbocycles. The number of ether oxygens (including phenoxy) is 2. The number of rotatable bonds is 4. The number of H-pyrrole nitrogens is 1. The number of benzene rings is 2. The van der Waals surface area contributed by atoms with Crippen molar-refractivity contribution in [2.75, 3.05) is 14.2 Å². The van der Waals surface area contributed by atoms with Crippen molar-refractivity contribution >= 4 is 11.0 Å². The van der Waals surface area contributed by atoms with E-state index in [-0.39, 0.29) is 5.43 Å². The van der Waals surface area contributed by atoms with Gasteiger partial charge in [0.05, 0.1) is 14.2 Å². The van der Waals surface area contributed by atoms with Crippen LogP contribution in [0.25, 0.3) is 33.7 Å². The highest BCUT2D eigenvalue weighted by Gasteiger charge is 2.14. The van der Waals surface area contributed by atoms with Gasteiger partial charge in [0.2, 0.25) is 0 Å². The molecule has 0 radical (unpaired) electrons. The molecule has 0 aliphatic rings. The van der Waals surface area contributed by atoms with Crippen LogP contribution in [0.4, 0.5) is 0 Å². The summed E-state index contributed by atoms with van der Waals surface area (Å²) in [5.74, 6) is 1.96. The van der Waals surface area contributed by atoms with Crippen LogP contribution in [-0.2, 0) is 0 Å². The van der Waals surface area contributed by atoms with Crippen LogP contribution in [0, 0.1) is 0 Å². The lowest BCUT2D eigenvalue weighted by molar-refractivity contribution is 0.396. The summed E-state index contributed by atoms with van der Waals surface area (Å²) in [6.07, 6.45) is 0. The van der Waals surface area contributed by atoms with Crippen LogP contribution < -0.4 is 14.9 Å². The zero-order valence-corrected chi connectivity index (χ0v) is 14.0. The fourth-order valence-corrected chi connectivity index (χ4v) is 2.72. The molecule has 4 rings (SSSR count). The van der Waals surface area contributed by atoms with Gasteiger partial charge in [0.1, 0.15) is 28.2 Å². The van der Waals surface area contributed by atoms with E-state index in [0.29, 0.717) is 34.1 Å². The minimum Gasteiger partial charge on any atom is -0.496 e. The molecular formula is C18H14N4O4. The molecule has 4 aromatic rings. The van der Waals surface area contributed by atoms with Gasteiger partial charge in [-0.05, 0) is 10.4 Å². The van der Waals surface area contributed by atoms with Crippen molar-refractivity contribution < 1.29 is 13.9 Å². The zero-order chi connectivity index (χ0) is 18.1. The molecule has 0 aliphatic heterocycles. The van der Waals surface area contributed by atoms with Crippen LogP contribution in [0.2, 0.25) is 0 Å². The minimum absolute atomic E-state index is 0.190. The lowest BCUT2D eigenvalue weighted by Gasteiger charge is -2.09. The SMILES string of the molecule is COc1cc(OC)c2c(=O)cc(-c3ccc(-c4nnn[nH]4)cc3)oc2c1. The number of aromatic amines is 1. The third kappa shape index (κ3) is 2.67. The maximum atomic E-state index is 12.6. The molecule has 0 aliphatic carbocycles. The summed E-state index contributed by atoms with van der Waals surface area (Å²) in [7, 11) is 3.04. The molecule has 0 amide bonds. The summed E-state index contributed by atoms with van der Waals surface area (Å²) in [6.45, 7) is 0. The largest absolute Gasteiger partial charge is 0.496 e. The van der Waals surface area contributed by atoms with Gasteiger partial charge in [0, 0.05) is 29.3 Å². The Morgan fingerprint density at radius 3 is 2.42 bits per heavy atom. The maximum absolute atomic E-state index is 12.6. The summed E-state index contributed by atoms with van der Waals surface area (Å²) in [5, 5.41) is 14.0. The van der Waals surface area contributed by atoms with Crippen LogP contribution in [0.15, 0.2) is 51.7 Å². The van der Waals surface area contributed by atoms with Crippen LogP contribution in [0.5, 0.6) is 11.5 Å². The van der Waals surface area contributed by atoms with Crippen LogP contribution in [0.3, 0.4) is 0 Å². The van der Waals surface area contributed by atoms with Crippen molar-refractivity contribution in [2.24, 2.45) is 0 Å². The van der Waals surface area contributed by atoms with E-state index in [0.717, 1.165) is 11.1 Å². The topological polar surface area (TPSA) is 103 Å². The van der Waals surface area contributed by atoms with E-state index in [2.05, 4.69) is 20.6 Å². The van der Waals surface area contributed by atoms with Crippen LogP contribution in [0.1, 0.15) is 0 Å². The van der Waals surface area contributed by atoms with Gasteiger partial charge in [-0.2, -0.15) is 0 Å². The predicted octanol–water partition coefficient (Wildman–Crippen LogP) is 2.66. The third-order valence-electron chi connectivity index (χ3n) is 4.01. The number of hydrogen-bond acceptors (Lipinski definition) is 7. The Hall–Kier alpha value is -3.68. The molecule has 130 valence electrons. The number of fused-ring (bicyclic) bond motifs is 1. The van der Waals surface area contributed by atoms with Gasteiger partial charge in [-0.3, -0.25) is 4.79 Å². The molecule has 0 atom stereocenters. The second-order valence-corrected chi connectivity index (χ2v) is 5.50. The molecular weight excluding hydrogens is 336 g/mol. The van der Waals surface area contributed by atoms with Crippen molar-refractivity contribution in [1.29, 1.82) is 0 Å². The van der Waals surface area contributed by atoms with Crippen LogP contribution >= 0.6 is 0 Å². The van der Waals surface area contributed by atoms with E-state index in [1.165, 1.54) is 13.2 Å². The second kappa shape index (κ2) is 6.32. The van der Waals surface area contributed by atoms with E-state index in [1.807, 2.05) is 24.3 Å². The Kier molecular flexibility index (Phi) is 3.85. The van der Waals surface area contributed by atoms with E-state index in [1.54, 1.807) is 19.2 Å². The van der Waals surface area contributed by atoms with Gasteiger partial charge in [0.25, 0.3) is 0 Å². The lowest BCUT2D eigenvalue weighted by atomic mass is 10.1. The van der Waals surface area contributed by atoms with E-state index in [9.17, 15) is 4.79 Å². The standard InChI is InChI=1S/C18H14N4O4/c1-24-12-7-15(25-2)17-13(23)9-14(26-16(17)8-12)10-3-5-11(6-4-10)18-19-21-22-20-18/h3-9H,1-2H3,(H,19,20,21,22). The summed E-state index contributed by atoms with van der Waals surface area (Å²) >= 11 is 0. The summed E-state index contributed by atoms with van der Waals surface area (Å²) in [4.78, 5) is 12.6. The van der Waals surface area contributed by atoms with Crippen LogP contribution in [-0.4, -0.2) is 34.8 Å². The second-order valence-electron chi connectivity index (χ2n) is 5.50. The van der Waals surface area contributed by atoms with Gasteiger partial charge in [-0.25, -0.2) is 5.10 Å². The molecule has 0 fully saturated rings. The molecule has 0 bridgehead atoms. The zero-order valence-electron chi connectivity index (χ0n) is 14.0. The number of tetrazole rings is 1. The first-order valence-electron chi connectivity index (χ1n) is 7.74. The number of hydrogen-bond donors (Lipinski definition) is 1. The molecule has 8 heteroatoms. The molecule has 26 heavy (non-hydrogen) atoms. The van der Waals surface area contributed by atoms with Crippen molar-refractivity contribution in [3.63, 3.8) is 0 Å². The number of methoxy groups -OCH3 is 2. The molecule has 2 heterocycles. The number of nitrogens with one attached hydrogen (secondary N) is 1. The Labute approximate surface area is 147 Å². The molecule has 1 N–H and O–H groups in total. The minimum atomic E-state index is -0.190. The van der Waals surface area contributed by atoms with Crippen molar-refractivity contribution in [3.05, 3.63) is 52.7 Å². The molecule has 0 spiro atoms. The third-order valence-corrected chi connectivity index (χ3v) is 4.01. The normalized spacial score (nSPS) is 10.8. The van der Waals surface area contributed by atoms with Gasteiger partial charge in [0.15, 0.2) is 11.3 Å². The monoisotopic (exact) mass is 350 g/mol. The number of aromatic nitrogens is 4. The van der Waals surface area contributed by atoms with E-state index in [4.69, 9.17) is 13.9 Å². The van der Waals surface area contributed by atoms with Crippen molar-refractivity contribution in [3.8, 4) is 34.2 Å². The molecule has 0 unspecified atom stereocenters. The highest BCUT2D eigenvalue weighted by molar-refractivity contribution is 5.86. The summed E-state index contributed by atoms with van der Waals surface area (Å²) < 4.78 is 16.5. The van der Waals surface area contributed by atoms with E-state index >= 15 is 0 Å². The Morgan fingerprint density at radius 2 is 1.77 bits per heavy atom. The van der Waals surface area contributed by atoms with Gasteiger partial charge in [-0.1, -0.05) is 24.3 Å². The first-order chi connectivity index (χ1) is 12.7. The molecule has 0 saturated carbocycles. The average molecular weight is 350 g/mol.